The molecule has 0 amide bonds. The Morgan fingerprint density at radius 2 is 1.75 bits per heavy atom. The zero-order valence-electron chi connectivity index (χ0n) is 12.4. The van der Waals surface area contributed by atoms with Crippen LogP contribution in [0.15, 0.2) is 23.1 Å². The maximum Gasteiger partial charge on any atom is 0.321 e. The highest BCUT2D eigenvalue weighted by atomic mass is 32.2. The van der Waals surface area contributed by atoms with Gasteiger partial charge in [0.2, 0.25) is 10.0 Å². The highest BCUT2D eigenvalue weighted by Gasteiger charge is 2.35. The Morgan fingerprint density at radius 1 is 1.20 bits per heavy atom. The summed E-state index contributed by atoms with van der Waals surface area (Å²) in [5.41, 5.74) is 1.58. The van der Waals surface area contributed by atoms with Crippen LogP contribution < -0.4 is 0 Å². The van der Waals surface area contributed by atoms with Crippen LogP contribution in [0.25, 0.3) is 0 Å². The lowest BCUT2D eigenvalue weighted by atomic mass is 10.2. The summed E-state index contributed by atoms with van der Waals surface area (Å²) in [6.07, 6.45) is 0. The first-order chi connectivity index (χ1) is 9.09. The first kappa shape index (κ1) is 16.7. The van der Waals surface area contributed by atoms with Crippen LogP contribution in [0.4, 0.5) is 0 Å². The highest BCUT2D eigenvalue weighted by Crippen LogP contribution is 2.24. The van der Waals surface area contributed by atoms with Gasteiger partial charge in [-0.25, -0.2) is 8.42 Å². The molecule has 0 aromatic heterocycles. The van der Waals surface area contributed by atoms with E-state index in [1.807, 2.05) is 6.92 Å². The molecule has 0 bridgehead atoms. The fraction of sp³-hybridized carbons (Fsp3) is 0.500. The van der Waals surface area contributed by atoms with Gasteiger partial charge in [0.05, 0.1) is 4.90 Å². The average Bonchev–Trinajstić information content (AvgIpc) is 2.26. The predicted octanol–water partition coefficient (Wildman–Crippen LogP) is 2.18. The van der Waals surface area contributed by atoms with Crippen molar-refractivity contribution >= 4 is 16.0 Å². The number of benzene rings is 1. The quantitative estimate of drug-likeness (QED) is 0.904. The van der Waals surface area contributed by atoms with Crippen molar-refractivity contribution in [2.24, 2.45) is 0 Å². The van der Waals surface area contributed by atoms with Crippen molar-refractivity contribution in [2.45, 2.75) is 51.6 Å². The van der Waals surface area contributed by atoms with Gasteiger partial charge in [-0.05, 0) is 46.2 Å². The van der Waals surface area contributed by atoms with Gasteiger partial charge in [-0.15, -0.1) is 0 Å². The van der Waals surface area contributed by atoms with Gasteiger partial charge in [0.15, 0.2) is 0 Å². The van der Waals surface area contributed by atoms with E-state index in [-0.39, 0.29) is 4.90 Å². The minimum atomic E-state index is -3.84. The number of hydrogen-bond donors (Lipinski definition) is 1. The van der Waals surface area contributed by atoms with E-state index >= 15 is 0 Å². The molecule has 1 unspecified atom stereocenters. The number of aryl methyl sites for hydroxylation is 2. The van der Waals surface area contributed by atoms with Crippen LogP contribution in [0.1, 0.15) is 31.9 Å². The van der Waals surface area contributed by atoms with E-state index < -0.39 is 28.1 Å². The number of rotatable bonds is 5. The van der Waals surface area contributed by atoms with Crippen LogP contribution >= 0.6 is 0 Å². The lowest BCUT2D eigenvalue weighted by molar-refractivity contribution is -0.141. The SMILES string of the molecule is Cc1ccc(S(=O)(=O)N(C(C)C)C(C)C(=O)O)c(C)c1. The van der Waals surface area contributed by atoms with Crippen molar-refractivity contribution in [1.82, 2.24) is 4.31 Å². The minimum absolute atomic E-state index is 0.157. The van der Waals surface area contributed by atoms with Crippen LogP contribution in [-0.2, 0) is 14.8 Å². The van der Waals surface area contributed by atoms with Gasteiger partial charge in [-0.1, -0.05) is 17.7 Å². The Morgan fingerprint density at radius 3 is 2.15 bits per heavy atom. The molecule has 112 valence electrons. The summed E-state index contributed by atoms with van der Waals surface area (Å²) < 4.78 is 26.5. The predicted molar refractivity (Wildman–Crippen MR) is 77.2 cm³/mol. The molecule has 1 atom stereocenters. The Bertz CT molecular complexity index is 608. The Hall–Kier alpha value is -1.40. The lowest BCUT2D eigenvalue weighted by Crippen LogP contribution is -2.47. The van der Waals surface area contributed by atoms with Crippen LogP contribution in [0.5, 0.6) is 0 Å². The summed E-state index contributed by atoms with van der Waals surface area (Å²) >= 11 is 0. The summed E-state index contributed by atoms with van der Waals surface area (Å²) in [5, 5.41) is 9.12. The minimum Gasteiger partial charge on any atom is -0.480 e. The molecule has 1 aromatic rings. The Balaban J connectivity index is 3.41. The normalized spacial score (nSPS) is 13.8. The zero-order valence-corrected chi connectivity index (χ0v) is 13.2. The molecule has 0 spiro atoms. The van der Waals surface area contributed by atoms with E-state index in [1.54, 1.807) is 32.9 Å². The van der Waals surface area contributed by atoms with E-state index in [4.69, 9.17) is 5.11 Å². The molecule has 1 N–H and O–H groups in total. The first-order valence-electron chi connectivity index (χ1n) is 6.42. The van der Waals surface area contributed by atoms with E-state index in [1.165, 1.54) is 13.0 Å². The number of aliphatic carboxylic acids is 1. The summed E-state index contributed by atoms with van der Waals surface area (Å²) in [5.74, 6) is -1.16. The van der Waals surface area contributed by atoms with E-state index in [0.29, 0.717) is 5.56 Å². The standard InChI is InChI=1S/C14H21NO4S/c1-9(2)15(12(5)14(16)17)20(18,19)13-7-6-10(3)8-11(13)4/h6-9,12H,1-5H3,(H,16,17). The molecular formula is C14H21NO4S. The second kappa shape index (κ2) is 5.93. The Labute approximate surface area is 120 Å². The average molecular weight is 299 g/mol. The molecule has 1 rings (SSSR count). The number of sulfonamides is 1. The molecular weight excluding hydrogens is 278 g/mol. The van der Waals surface area contributed by atoms with E-state index in [0.717, 1.165) is 9.87 Å². The van der Waals surface area contributed by atoms with Gasteiger partial charge in [0, 0.05) is 6.04 Å². The summed E-state index contributed by atoms with van der Waals surface area (Å²) in [7, 11) is -3.84. The van der Waals surface area contributed by atoms with Crippen molar-refractivity contribution in [3.05, 3.63) is 29.3 Å². The second-order valence-corrected chi connectivity index (χ2v) is 7.02. The highest BCUT2D eigenvalue weighted by molar-refractivity contribution is 7.89. The van der Waals surface area contributed by atoms with E-state index in [9.17, 15) is 13.2 Å². The van der Waals surface area contributed by atoms with Crippen LogP contribution in [0.2, 0.25) is 0 Å². The maximum atomic E-state index is 12.7. The molecule has 0 aliphatic heterocycles. The van der Waals surface area contributed by atoms with Crippen molar-refractivity contribution < 1.29 is 18.3 Å². The number of hydrogen-bond acceptors (Lipinski definition) is 3. The van der Waals surface area contributed by atoms with Crippen LogP contribution in [-0.4, -0.2) is 35.9 Å². The number of carboxylic acids is 1. The van der Waals surface area contributed by atoms with Crippen molar-refractivity contribution in [3.8, 4) is 0 Å². The van der Waals surface area contributed by atoms with Gasteiger partial charge >= 0.3 is 5.97 Å². The van der Waals surface area contributed by atoms with Crippen molar-refractivity contribution in [1.29, 1.82) is 0 Å². The largest absolute Gasteiger partial charge is 0.480 e. The molecule has 0 fully saturated rings. The topological polar surface area (TPSA) is 74.7 Å². The van der Waals surface area contributed by atoms with Crippen molar-refractivity contribution in [3.63, 3.8) is 0 Å². The number of carbonyl (C=O) groups is 1. The molecule has 6 heteroatoms. The molecule has 0 aliphatic rings. The van der Waals surface area contributed by atoms with Crippen LogP contribution in [0, 0.1) is 13.8 Å². The van der Waals surface area contributed by atoms with Gasteiger partial charge in [-0.3, -0.25) is 4.79 Å². The van der Waals surface area contributed by atoms with E-state index in [2.05, 4.69) is 0 Å². The fourth-order valence-corrected chi connectivity index (χ4v) is 4.24. The summed E-state index contributed by atoms with van der Waals surface area (Å²) in [6, 6.07) is 3.47. The molecule has 0 saturated heterocycles. The fourth-order valence-electron chi connectivity index (χ4n) is 2.24. The third-order valence-electron chi connectivity index (χ3n) is 3.13. The molecule has 0 radical (unpaired) electrons. The monoisotopic (exact) mass is 299 g/mol. The van der Waals surface area contributed by atoms with Gasteiger partial charge < -0.3 is 5.11 Å². The first-order valence-corrected chi connectivity index (χ1v) is 7.86. The zero-order chi connectivity index (χ0) is 15.7. The summed E-state index contributed by atoms with van der Waals surface area (Å²) in [4.78, 5) is 11.3. The molecule has 5 nitrogen and oxygen atoms in total. The molecule has 0 aliphatic carbocycles. The maximum absolute atomic E-state index is 12.7. The van der Waals surface area contributed by atoms with Gasteiger partial charge in [0.1, 0.15) is 6.04 Å². The number of nitrogens with zero attached hydrogens (tertiary/aromatic N) is 1. The van der Waals surface area contributed by atoms with Crippen LogP contribution in [0.3, 0.4) is 0 Å². The Kier molecular flexibility index (Phi) is 4.94. The second-order valence-electron chi connectivity index (χ2n) is 5.21. The molecule has 20 heavy (non-hydrogen) atoms. The molecule has 0 saturated carbocycles. The number of carboxylic acid groups (broad SMARTS) is 1. The smallest absolute Gasteiger partial charge is 0.321 e. The van der Waals surface area contributed by atoms with Crippen molar-refractivity contribution in [2.75, 3.05) is 0 Å². The molecule has 1 aromatic carbocycles. The third-order valence-corrected chi connectivity index (χ3v) is 5.44. The van der Waals surface area contributed by atoms with Gasteiger partial charge in [0.25, 0.3) is 0 Å². The van der Waals surface area contributed by atoms with Gasteiger partial charge in [-0.2, -0.15) is 4.31 Å². The lowest BCUT2D eigenvalue weighted by Gasteiger charge is -2.29. The summed E-state index contributed by atoms with van der Waals surface area (Å²) in [6.45, 7) is 8.30. The third kappa shape index (κ3) is 3.19. The molecule has 0 heterocycles.